The number of halogens is 2. The van der Waals surface area contributed by atoms with Crippen molar-refractivity contribution in [1.29, 1.82) is 0 Å². The van der Waals surface area contributed by atoms with E-state index < -0.39 is 29.4 Å². The van der Waals surface area contributed by atoms with Crippen LogP contribution in [0.5, 0.6) is 0 Å². The van der Waals surface area contributed by atoms with E-state index in [0.717, 1.165) is 11.1 Å². The SMILES string of the molecule is CCOC(=O)[C@H](CC)N1C(=O)[C@@](C)(CC(=O)O)CC(c2cccc(Cl)c2)C1c1ccc(Cl)cc1. The molecule has 2 aromatic carbocycles. The zero-order valence-corrected chi connectivity index (χ0v) is 21.0. The first-order chi connectivity index (χ1) is 16.1. The van der Waals surface area contributed by atoms with Crippen LogP contribution < -0.4 is 0 Å². The van der Waals surface area contributed by atoms with Crippen LogP contribution in [0, 0.1) is 5.41 Å². The summed E-state index contributed by atoms with van der Waals surface area (Å²) >= 11 is 12.5. The maximum atomic E-state index is 14.0. The minimum atomic E-state index is -1.22. The van der Waals surface area contributed by atoms with Crippen LogP contribution in [0.25, 0.3) is 0 Å². The van der Waals surface area contributed by atoms with Crippen molar-refractivity contribution in [3.8, 4) is 0 Å². The van der Waals surface area contributed by atoms with Gasteiger partial charge in [0.25, 0.3) is 0 Å². The molecule has 8 heteroatoms. The van der Waals surface area contributed by atoms with Crippen molar-refractivity contribution in [2.45, 2.75) is 58.0 Å². The number of amides is 1. The molecule has 1 saturated heterocycles. The molecular weight excluding hydrogens is 477 g/mol. The van der Waals surface area contributed by atoms with Gasteiger partial charge in [-0.15, -0.1) is 0 Å². The Kier molecular flexibility index (Phi) is 8.26. The Hall–Kier alpha value is -2.57. The molecule has 3 rings (SSSR count). The summed E-state index contributed by atoms with van der Waals surface area (Å²) in [5.41, 5.74) is 0.435. The topological polar surface area (TPSA) is 83.9 Å². The maximum absolute atomic E-state index is 14.0. The third-order valence-corrected chi connectivity index (χ3v) is 6.90. The van der Waals surface area contributed by atoms with E-state index in [-0.39, 0.29) is 31.3 Å². The van der Waals surface area contributed by atoms with Crippen LogP contribution in [0.2, 0.25) is 10.0 Å². The van der Waals surface area contributed by atoms with Crippen molar-refractivity contribution in [1.82, 2.24) is 4.90 Å². The van der Waals surface area contributed by atoms with E-state index in [1.807, 2.05) is 37.3 Å². The molecule has 1 amide bonds. The van der Waals surface area contributed by atoms with E-state index in [1.165, 1.54) is 0 Å². The van der Waals surface area contributed by atoms with E-state index in [0.29, 0.717) is 16.5 Å². The summed E-state index contributed by atoms with van der Waals surface area (Å²) in [6.07, 6.45) is 0.244. The number of nitrogens with zero attached hydrogens (tertiary/aromatic N) is 1. The molecule has 2 unspecified atom stereocenters. The van der Waals surface area contributed by atoms with Crippen LogP contribution in [0.4, 0.5) is 0 Å². The van der Waals surface area contributed by atoms with Crippen molar-refractivity contribution in [3.05, 3.63) is 69.7 Å². The summed E-state index contributed by atoms with van der Waals surface area (Å²) in [4.78, 5) is 40.3. The number of hydrogen-bond donors (Lipinski definition) is 1. The predicted octanol–water partition coefficient (Wildman–Crippen LogP) is 5.87. The second kappa shape index (κ2) is 10.8. The highest BCUT2D eigenvalue weighted by atomic mass is 35.5. The minimum absolute atomic E-state index is 0.174. The minimum Gasteiger partial charge on any atom is -0.481 e. The van der Waals surface area contributed by atoms with Gasteiger partial charge in [0.2, 0.25) is 5.91 Å². The van der Waals surface area contributed by atoms with E-state index in [4.69, 9.17) is 27.9 Å². The van der Waals surface area contributed by atoms with E-state index >= 15 is 0 Å². The molecule has 1 N–H and O–H groups in total. The average molecular weight is 506 g/mol. The van der Waals surface area contributed by atoms with Crippen LogP contribution in [0.15, 0.2) is 48.5 Å². The van der Waals surface area contributed by atoms with Gasteiger partial charge in [-0.25, -0.2) is 4.79 Å². The average Bonchev–Trinajstić information content (AvgIpc) is 2.77. The number of esters is 1. The molecule has 0 radical (unpaired) electrons. The molecule has 4 atom stereocenters. The van der Waals surface area contributed by atoms with Crippen LogP contribution in [-0.4, -0.2) is 40.5 Å². The lowest BCUT2D eigenvalue weighted by Gasteiger charge is -2.51. The summed E-state index contributed by atoms with van der Waals surface area (Å²) < 4.78 is 5.32. The Balaban J connectivity index is 2.25. The number of carboxylic acid groups (broad SMARTS) is 1. The normalized spacial score (nSPS) is 23.4. The Morgan fingerprint density at radius 2 is 1.79 bits per heavy atom. The largest absolute Gasteiger partial charge is 0.481 e. The number of carboxylic acids is 1. The second-order valence-corrected chi connectivity index (χ2v) is 9.75. The number of rotatable bonds is 8. The van der Waals surface area contributed by atoms with Gasteiger partial charge in [-0.3, -0.25) is 9.59 Å². The van der Waals surface area contributed by atoms with Gasteiger partial charge in [0, 0.05) is 16.0 Å². The predicted molar refractivity (Wildman–Crippen MR) is 131 cm³/mol. The summed E-state index contributed by atoms with van der Waals surface area (Å²) in [6, 6.07) is 13.1. The summed E-state index contributed by atoms with van der Waals surface area (Å²) in [6.45, 7) is 5.35. The van der Waals surface area contributed by atoms with Gasteiger partial charge >= 0.3 is 11.9 Å². The highest BCUT2D eigenvalue weighted by Crippen LogP contribution is 2.52. The number of ether oxygens (including phenoxy) is 1. The van der Waals surface area contributed by atoms with Crippen LogP contribution in [0.3, 0.4) is 0 Å². The Bertz CT molecular complexity index is 1060. The number of carbonyl (C=O) groups excluding carboxylic acids is 2. The first kappa shape index (κ1) is 26.0. The molecule has 1 fully saturated rings. The van der Waals surface area contributed by atoms with Crippen LogP contribution in [-0.2, 0) is 19.1 Å². The molecule has 1 heterocycles. The van der Waals surface area contributed by atoms with E-state index in [9.17, 15) is 19.5 Å². The van der Waals surface area contributed by atoms with Crippen molar-refractivity contribution < 1.29 is 24.2 Å². The lowest BCUT2D eigenvalue weighted by atomic mass is 9.67. The van der Waals surface area contributed by atoms with Gasteiger partial charge in [-0.2, -0.15) is 0 Å². The molecular formula is C26H29Cl2NO5. The Morgan fingerprint density at radius 3 is 2.35 bits per heavy atom. The molecule has 34 heavy (non-hydrogen) atoms. The van der Waals surface area contributed by atoms with E-state index in [2.05, 4.69) is 0 Å². The zero-order chi connectivity index (χ0) is 25.0. The number of carbonyl (C=O) groups is 3. The molecule has 1 aliphatic rings. The molecule has 0 aromatic heterocycles. The van der Waals surface area contributed by atoms with Gasteiger partial charge in [0.1, 0.15) is 6.04 Å². The van der Waals surface area contributed by atoms with Crippen LogP contribution in [0.1, 0.15) is 63.1 Å². The molecule has 2 aromatic rings. The molecule has 0 saturated carbocycles. The first-order valence-electron chi connectivity index (χ1n) is 11.3. The van der Waals surface area contributed by atoms with Gasteiger partial charge in [0.15, 0.2) is 0 Å². The van der Waals surface area contributed by atoms with Crippen molar-refractivity contribution >= 4 is 41.0 Å². The highest BCUT2D eigenvalue weighted by molar-refractivity contribution is 6.30. The number of piperidine rings is 1. The van der Waals surface area contributed by atoms with Gasteiger partial charge in [-0.05, 0) is 55.2 Å². The lowest BCUT2D eigenvalue weighted by Crippen LogP contribution is -2.58. The first-order valence-corrected chi connectivity index (χ1v) is 12.1. The number of aliphatic carboxylic acids is 1. The smallest absolute Gasteiger partial charge is 0.328 e. The number of likely N-dealkylation sites (tertiary alicyclic amines) is 1. The highest BCUT2D eigenvalue weighted by Gasteiger charge is 2.53. The quantitative estimate of drug-likeness (QED) is 0.453. The zero-order valence-electron chi connectivity index (χ0n) is 19.5. The molecule has 1 aliphatic heterocycles. The lowest BCUT2D eigenvalue weighted by molar-refractivity contribution is -0.169. The molecule has 182 valence electrons. The molecule has 0 aliphatic carbocycles. The summed E-state index contributed by atoms with van der Waals surface area (Å²) in [5, 5.41) is 10.7. The monoisotopic (exact) mass is 505 g/mol. The maximum Gasteiger partial charge on any atom is 0.328 e. The third-order valence-electron chi connectivity index (χ3n) is 6.41. The fourth-order valence-corrected chi connectivity index (χ4v) is 5.26. The van der Waals surface area contributed by atoms with E-state index in [1.54, 1.807) is 36.9 Å². The van der Waals surface area contributed by atoms with Crippen LogP contribution >= 0.6 is 23.2 Å². The second-order valence-electron chi connectivity index (χ2n) is 8.88. The fraction of sp³-hybridized carbons (Fsp3) is 0.423. The van der Waals surface area contributed by atoms with Crippen molar-refractivity contribution in [3.63, 3.8) is 0 Å². The molecule has 0 bridgehead atoms. The Morgan fingerprint density at radius 1 is 1.12 bits per heavy atom. The summed E-state index contributed by atoms with van der Waals surface area (Å²) in [7, 11) is 0. The van der Waals surface area contributed by atoms with Gasteiger partial charge < -0.3 is 14.7 Å². The standard InChI is InChI=1S/C26H29Cl2NO5/c1-4-21(24(32)34-5-2)29-23(16-9-11-18(27)12-10-16)20(17-7-6-8-19(28)13-17)14-26(3,25(29)33)15-22(30)31/h6-13,20-21,23H,4-5,14-15H2,1-3H3,(H,30,31)/t20?,21-,23?,26+/m0/s1. The van der Waals surface area contributed by atoms with Gasteiger partial charge in [0.05, 0.1) is 24.5 Å². The Labute approximate surface area is 209 Å². The van der Waals surface area contributed by atoms with Gasteiger partial charge in [-0.1, -0.05) is 61.3 Å². The number of hydrogen-bond acceptors (Lipinski definition) is 4. The van der Waals surface area contributed by atoms with Crippen molar-refractivity contribution in [2.24, 2.45) is 5.41 Å². The fourth-order valence-electron chi connectivity index (χ4n) is 4.94. The van der Waals surface area contributed by atoms with Crippen molar-refractivity contribution in [2.75, 3.05) is 6.61 Å². The third kappa shape index (κ3) is 5.39. The molecule has 6 nitrogen and oxygen atoms in total. The summed E-state index contributed by atoms with van der Waals surface area (Å²) in [5.74, 6) is -2.28. The number of benzene rings is 2. The molecule has 0 spiro atoms.